The van der Waals surface area contributed by atoms with Crippen LogP contribution in [0, 0.1) is 11.8 Å². The highest BCUT2D eigenvalue weighted by Crippen LogP contribution is 2.48. The van der Waals surface area contributed by atoms with Gasteiger partial charge in [-0.2, -0.15) is 0 Å². The van der Waals surface area contributed by atoms with E-state index < -0.39 is 6.04 Å². The summed E-state index contributed by atoms with van der Waals surface area (Å²) in [6.45, 7) is 2.07. The van der Waals surface area contributed by atoms with E-state index in [1.807, 2.05) is 6.07 Å². The van der Waals surface area contributed by atoms with Crippen molar-refractivity contribution in [3.8, 4) is 11.5 Å². The number of carbonyl (C=O) groups is 2. The van der Waals surface area contributed by atoms with Crippen LogP contribution in [0.1, 0.15) is 37.8 Å². The fraction of sp³-hybridized carbons (Fsp3) is 0.545. The third kappa shape index (κ3) is 3.17. The van der Waals surface area contributed by atoms with Gasteiger partial charge in [0.25, 0.3) is 5.91 Å². The third-order valence-corrected chi connectivity index (χ3v) is 6.27. The molecule has 0 saturated heterocycles. The van der Waals surface area contributed by atoms with Crippen LogP contribution in [0.3, 0.4) is 0 Å². The Labute approximate surface area is 170 Å². The molecule has 29 heavy (non-hydrogen) atoms. The summed E-state index contributed by atoms with van der Waals surface area (Å²) in [4.78, 5) is 28.1. The summed E-state index contributed by atoms with van der Waals surface area (Å²) in [5.41, 5.74) is 1.14. The Morgan fingerprint density at radius 1 is 1.17 bits per heavy atom. The molecule has 0 bridgehead atoms. The monoisotopic (exact) mass is 401 g/mol. The van der Waals surface area contributed by atoms with Gasteiger partial charge in [-0.05, 0) is 42.9 Å². The SMILES string of the molecule is COc1ccc(C2C3=C(OC4CCC(C)CC4C3=O)C(=O)N2CCO)cc1OC. The topological polar surface area (TPSA) is 85.3 Å². The molecule has 0 radical (unpaired) electrons. The maximum atomic E-state index is 13.5. The number of aliphatic hydroxyl groups excluding tert-OH is 1. The number of carbonyl (C=O) groups excluding carboxylic acids is 2. The molecule has 0 aromatic heterocycles. The molecule has 1 amide bonds. The number of nitrogens with zero attached hydrogens (tertiary/aromatic N) is 1. The van der Waals surface area contributed by atoms with Crippen molar-refractivity contribution in [3.05, 3.63) is 35.1 Å². The summed E-state index contributed by atoms with van der Waals surface area (Å²) in [5, 5.41) is 9.55. The minimum Gasteiger partial charge on any atom is -0.493 e. The van der Waals surface area contributed by atoms with Gasteiger partial charge in [0.05, 0.1) is 38.4 Å². The summed E-state index contributed by atoms with van der Waals surface area (Å²) in [5.74, 6) is 1.13. The summed E-state index contributed by atoms with van der Waals surface area (Å²) in [7, 11) is 3.10. The molecule has 2 heterocycles. The Kier molecular flexibility index (Phi) is 5.25. The Bertz CT molecular complexity index is 863. The number of hydrogen-bond acceptors (Lipinski definition) is 6. The smallest absolute Gasteiger partial charge is 0.290 e. The average molecular weight is 401 g/mol. The maximum absolute atomic E-state index is 13.5. The quantitative estimate of drug-likeness (QED) is 0.815. The van der Waals surface area contributed by atoms with Gasteiger partial charge in [0.1, 0.15) is 6.10 Å². The van der Waals surface area contributed by atoms with Gasteiger partial charge >= 0.3 is 0 Å². The van der Waals surface area contributed by atoms with E-state index in [0.717, 1.165) is 24.8 Å². The Balaban J connectivity index is 1.79. The summed E-state index contributed by atoms with van der Waals surface area (Å²) in [6.07, 6.45) is 2.31. The van der Waals surface area contributed by atoms with Crippen molar-refractivity contribution in [1.29, 1.82) is 0 Å². The van der Waals surface area contributed by atoms with Gasteiger partial charge in [-0.25, -0.2) is 0 Å². The van der Waals surface area contributed by atoms with Crippen LogP contribution in [0.2, 0.25) is 0 Å². The van der Waals surface area contributed by atoms with E-state index >= 15 is 0 Å². The summed E-state index contributed by atoms with van der Waals surface area (Å²) < 4.78 is 16.8. The van der Waals surface area contributed by atoms with E-state index in [0.29, 0.717) is 23.0 Å². The molecule has 7 heteroatoms. The highest BCUT2D eigenvalue weighted by atomic mass is 16.5. The summed E-state index contributed by atoms with van der Waals surface area (Å²) in [6, 6.07) is 4.76. The fourth-order valence-electron chi connectivity index (χ4n) is 4.83. The molecule has 1 aromatic carbocycles. The van der Waals surface area contributed by atoms with Crippen molar-refractivity contribution in [2.75, 3.05) is 27.4 Å². The number of rotatable bonds is 5. The van der Waals surface area contributed by atoms with E-state index in [-0.39, 0.29) is 42.6 Å². The Morgan fingerprint density at radius 2 is 1.93 bits per heavy atom. The van der Waals surface area contributed by atoms with Crippen LogP contribution in [0.25, 0.3) is 0 Å². The lowest BCUT2D eigenvalue weighted by atomic mass is 9.74. The number of benzene rings is 1. The van der Waals surface area contributed by atoms with Gasteiger partial charge in [0.15, 0.2) is 23.0 Å². The highest BCUT2D eigenvalue weighted by molar-refractivity contribution is 6.11. The first-order chi connectivity index (χ1) is 14.0. The van der Waals surface area contributed by atoms with Crippen molar-refractivity contribution < 1.29 is 28.9 Å². The standard InChI is InChI=1S/C22H27NO6/c1-12-4-6-15-14(10-12)20(25)18-19(23(8-9-24)22(26)21(18)29-15)13-5-7-16(27-2)17(11-13)28-3/h5,7,11-12,14-15,19,24H,4,6,8-10H2,1-3H3. The molecule has 1 aromatic rings. The van der Waals surface area contributed by atoms with E-state index in [1.165, 1.54) is 4.90 Å². The second-order valence-corrected chi connectivity index (χ2v) is 8.03. The zero-order valence-electron chi connectivity index (χ0n) is 17.0. The number of amides is 1. The fourth-order valence-corrected chi connectivity index (χ4v) is 4.83. The number of aliphatic hydroxyl groups is 1. The van der Waals surface area contributed by atoms with Crippen molar-refractivity contribution in [1.82, 2.24) is 4.90 Å². The van der Waals surface area contributed by atoms with Crippen LogP contribution < -0.4 is 9.47 Å². The van der Waals surface area contributed by atoms with Crippen LogP contribution in [0.5, 0.6) is 11.5 Å². The molecule has 0 spiro atoms. The number of Topliss-reactive ketones (excluding diaryl/α,β-unsaturated/α-hetero) is 1. The average Bonchev–Trinajstić information content (AvgIpc) is 3.00. The molecular formula is C22H27NO6. The predicted molar refractivity (Wildman–Crippen MR) is 104 cm³/mol. The number of β-amino-alcohol motifs (C(OH)–C–C–N with tert-alkyl or cyclic N) is 1. The Hall–Kier alpha value is -2.54. The highest BCUT2D eigenvalue weighted by Gasteiger charge is 2.52. The second-order valence-electron chi connectivity index (χ2n) is 8.03. The number of hydrogen-bond donors (Lipinski definition) is 1. The first-order valence-electron chi connectivity index (χ1n) is 10.1. The van der Waals surface area contributed by atoms with Gasteiger partial charge in [-0.1, -0.05) is 13.0 Å². The largest absolute Gasteiger partial charge is 0.493 e. The second kappa shape index (κ2) is 7.71. The number of methoxy groups -OCH3 is 2. The van der Waals surface area contributed by atoms with Gasteiger partial charge in [0.2, 0.25) is 0 Å². The van der Waals surface area contributed by atoms with E-state index in [2.05, 4.69) is 6.92 Å². The zero-order chi connectivity index (χ0) is 20.7. The molecule has 4 rings (SSSR count). The lowest BCUT2D eigenvalue weighted by Gasteiger charge is -2.37. The van der Waals surface area contributed by atoms with Crippen LogP contribution in [-0.4, -0.2) is 55.2 Å². The minimum absolute atomic E-state index is 0.00336. The lowest BCUT2D eigenvalue weighted by molar-refractivity contribution is -0.136. The molecule has 2 aliphatic heterocycles. The molecule has 1 N–H and O–H groups in total. The Morgan fingerprint density at radius 3 is 2.62 bits per heavy atom. The molecule has 7 nitrogen and oxygen atoms in total. The zero-order valence-corrected chi connectivity index (χ0v) is 17.0. The third-order valence-electron chi connectivity index (χ3n) is 6.27. The van der Waals surface area contributed by atoms with E-state index in [1.54, 1.807) is 26.4 Å². The molecule has 3 aliphatic rings. The van der Waals surface area contributed by atoms with Crippen molar-refractivity contribution >= 4 is 11.7 Å². The van der Waals surface area contributed by atoms with Gasteiger partial charge in [-0.15, -0.1) is 0 Å². The number of ether oxygens (including phenoxy) is 3. The van der Waals surface area contributed by atoms with Crippen LogP contribution in [-0.2, 0) is 14.3 Å². The van der Waals surface area contributed by atoms with Crippen LogP contribution in [0.4, 0.5) is 0 Å². The first kappa shape index (κ1) is 19.8. The first-order valence-corrected chi connectivity index (χ1v) is 10.1. The predicted octanol–water partition coefficient (Wildman–Crippen LogP) is 2.24. The van der Waals surface area contributed by atoms with Crippen LogP contribution >= 0.6 is 0 Å². The van der Waals surface area contributed by atoms with Gasteiger partial charge < -0.3 is 24.2 Å². The maximum Gasteiger partial charge on any atom is 0.290 e. The number of fused-ring (bicyclic) bond motifs is 1. The molecule has 1 saturated carbocycles. The van der Waals surface area contributed by atoms with Gasteiger partial charge in [-0.3, -0.25) is 9.59 Å². The van der Waals surface area contributed by atoms with E-state index in [4.69, 9.17) is 14.2 Å². The molecule has 1 fully saturated rings. The normalized spacial score (nSPS) is 28.8. The molecule has 4 atom stereocenters. The van der Waals surface area contributed by atoms with Crippen LogP contribution in [0.15, 0.2) is 29.5 Å². The molecule has 156 valence electrons. The molecular weight excluding hydrogens is 374 g/mol. The van der Waals surface area contributed by atoms with E-state index in [9.17, 15) is 14.7 Å². The lowest BCUT2D eigenvalue weighted by Crippen LogP contribution is -2.41. The van der Waals surface area contributed by atoms with Crippen molar-refractivity contribution in [2.45, 2.75) is 38.3 Å². The van der Waals surface area contributed by atoms with Crippen molar-refractivity contribution in [2.24, 2.45) is 11.8 Å². The summed E-state index contributed by atoms with van der Waals surface area (Å²) >= 11 is 0. The number of ketones is 1. The van der Waals surface area contributed by atoms with Crippen molar-refractivity contribution in [3.63, 3.8) is 0 Å². The van der Waals surface area contributed by atoms with Gasteiger partial charge in [0, 0.05) is 6.54 Å². The molecule has 1 aliphatic carbocycles. The molecule has 4 unspecified atom stereocenters. The minimum atomic E-state index is -0.602.